The summed E-state index contributed by atoms with van der Waals surface area (Å²) < 4.78 is 5.51. The Bertz CT molecular complexity index is 796. The third-order valence-corrected chi connectivity index (χ3v) is 3.94. The summed E-state index contributed by atoms with van der Waals surface area (Å²) in [5.74, 6) is 0.260. The molecular weight excluding hydrogens is 367 g/mol. The van der Waals surface area contributed by atoms with Crippen LogP contribution in [0, 0.1) is 17.0 Å². The maximum Gasteiger partial charge on any atom is 0.271 e. The normalized spacial score (nSPS) is 10.4. The molecule has 2 rings (SSSR count). The number of rotatable bonds is 7. The number of benzene rings is 2. The van der Waals surface area contributed by atoms with Crippen LogP contribution < -0.4 is 10.1 Å². The molecule has 0 aromatic heterocycles. The van der Waals surface area contributed by atoms with Gasteiger partial charge in [-0.15, -0.1) is 0 Å². The highest BCUT2D eigenvalue weighted by molar-refractivity contribution is 6.35. The molecule has 0 fully saturated rings. The van der Waals surface area contributed by atoms with Gasteiger partial charge >= 0.3 is 0 Å². The quantitative estimate of drug-likeness (QED) is 0.414. The Morgan fingerprint density at radius 1 is 1.24 bits per heavy atom. The van der Waals surface area contributed by atoms with Crippen molar-refractivity contribution in [3.8, 4) is 5.75 Å². The van der Waals surface area contributed by atoms with Crippen LogP contribution in [0.2, 0.25) is 10.0 Å². The van der Waals surface area contributed by atoms with Crippen LogP contribution in [0.15, 0.2) is 36.4 Å². The molecule has 6 nitrogen and oxygen atoms in total. The van der Waals surface area contributed by atoms with Gasteiger partial charge in [-0.05, 0) is 37.1 Å². The summed E-state index contributed by atoms with van der Waals surface area (Å²) in [6, 6.07) is 9.25. The predicted molar refractivity (Wildman–Crippen MR) is 97.7 cm³/mol. The number of carbonyl (C=O) groups excluding carboxylic acids is 1. The minimum Gasteiger partial charge on any atom is -0.492 e. The van der Waals surface area contributed by atoms with Crippen molar-refractivity contribution in [2.45, 2.75) is 19.8 Å². The molecule has 0 bridgehead atoms. The minimum atomic E-state index is -0.501. The molecule has 1 amide bonds. The van der Waals surface area contributed by atoms with Gasteiger partial charge in [-0.25, -0.2) is 0 Å². The molecule has 0 aliphatic heterocycles. The lowest BCUT2D eigenvalue weighted by atomic mass is 10.1. The zero-order chi connectivity index (χ0) is 18.4. The van der Waals surface area contributed by atoms with Crippen molar-refractivity contribution in [2.24, 2.45) is 0 Å². The second kappa shape index (κ2) is 8.69. The fraction of sp³-hybridized carbons (Fsp3) is 0.235. The molecule has 0 saturated heterocycles. The third-order valence-electron chi connectivity index (χ3n) is 3.41. The summed E-state index contributed by atoms with van der Waals surface area (Å²) in [4.78, 5) is 22.3. The molecule has 0 heterocycles. The van der Waals surface area contributed by atoms with Gasteiger partial charge in [0.1, 0.15) is 5.75 Å². The van der Waals surface area contributed by atoms with Gasteiger partial charge in [-0.1, -0.05) is 29.3 Å². The van der Waals surface area contributed by atoms with Crippen molar-refractivity contribution in [2.75, 3.05) is 11.9 Å². The molecular formula is C17H16Cl2N2O4. The van der Waals surface area contributed by atoms with Crippen molar-refractivity contribution in [3.63, 3.8) is 0 Å². The lowest BCUT2D eigenvalue weighted by Crippen LogP contribution is -2.13. The number of hydrogen-bond donors (Lipinski definition) is 1. The number of hydrogen-bond acceptors (Lipinski definition) is 4. The summed E-state index contributed by atoms with van der Waals surface area (Å²) in [6.45, 7) is 2.08. The molecule has 0 radical (unpaired) electrons. The number of aryl methyl sites for hydroxylation is 1. The van der Waals surface area contributed by atoms with Gasteiger partial charge in [0.2, 0.25) is 5.91 Å². The fourth-order valence-corrected chi connectivity index (χ4v) is 2.54. The predicted octanol–water partition coefficient (Wildman–Crippen LogP) is 5.01. The highest BCUT2D eigenvalue weighted by Crippen LogP contribution is 2.27. The summed E-state index contributed by atoms with van der Waals surface area (Å²) in [6.07, 6.45) is 0.687. The molecule has 25 heavy (non-hydrogen) atoms. The molecule has 1 N–H and O–H groups in total. The van der Waals surface area contributed by atoms with E-state index in [1.165, 1.54) is 12.1 Å². The Balaban J connectivity index is 1.83. The van der Waals surface area contributed by atoms with Crippen LogP contribution in [-0.4, -0.2) is 17.4 Å². The van der Waals surface area contributed by atoms with E-state index < -0.39 is 4.92 Å². The van der Waals surface area contributed by atoms with E-state index in [-0.39, 0.29) is 18.0 Å². The van der Waals surface area contributed by atoms with E-state index in [2.05, 4.69) is 5.32 Å². The van der Waals surface area contributed by atoms with Gasteiger partial charge < -0.3 is 10.1 Å². The average molecular weight is 383 g/mol. The molecule has 0 spiro atoms. The summed E-state index contributed by atoms with van der Waals surface area (Å²) in [7, 11) is 0. The van der Waals surface area contributed by atoms with Crippen molar-refractivity contribution in [1.29, 1.82) is 0 Å². The first-order chi connectivity index (χ1) is 11.9. The maximum absolute atomic E-state index is 12.0. The molecule has 0 aliphatic rings. The number of amides is 1. The van der Waals surface area contributed by atoms with Gasteiger partial charge in [-0.2, -0.15) is 0 Å². The van der Waals surface area contributed by atoms with Gasteiger partial charge in [0.15, 0.2) is 0 Å². The lowest BCUT2D eigenvalue weighted by Gasteiger charge is -2.10. The van der Waals surface area contributed by atoms with E-state index in [0.717, 1.165) is 5.56 Å². The number of nitrogens with zero attached hydrogens (tertiary/aromatic N) is 1. The number of nitro benzene ring substituents is 1. The van der Waals surface area contributed by atoms with Gasteiger partial charge in [0.25, 0.3) is 5.69 Å². The topological polar surface area (TPSA) is 81.5 Å². The summed E-state index contributed by atoms with van der Waals surface area (Å²) >= 11 is 11.8. The minimum absolute atomic E-state index is 0.0680. The van der Waals surface area contributed by atoms with Crippen LogP contribution in [0.4, 0.5) is 11.4 Å². The van der Waals surface area contributed by atoms with Crippen LogP contribution in [-0.2, 0) is 4.79 Å². The van der Waals surface area contributed by atoms with Crippen LogP contribution in [0.5, 0.6) is 5.75 Å². The maximum atomic E-state index is 12.0. The first kappa shape index (κ1) is 19.0. The van der Waals surface area contributed by atoms with Gasteiger partial charge in [0.05, 0.1) is 22.2 Å². The smallest absolute Gasteiger partial charge is 0.271 e. The molecule has 2 aromatic rings. The first-order valence-corrected chi connectivity index (χ1v) is 8.25. The largest absolute Gasteiger partial charge is 0.492 e. The number of ether oxygens (including phenoxy) is 1. The highest BCUT2D eigenvalue weighted by Gasteiger charge is 2.11. The van der Waals surface area contributed by atoms with Crippen molar-refractivity contribution >= 4 is 40.5 Å². The zero-order valence-electron chi connectivity index (χ0n) is 13.4. The van der Waals surface area contributed by atoms with E-state index in [9.17, 15) is 14.9 Å². The number of anilines is 1. The number of nitrogens with one attached hydrogen (secondary N) is 1. The molecule has 0 aliphatic carbocycles. The van der Waals surface area contributed by atoms with E-state index in [0.29, 0.717) is 34.5 Å². The van der Waals surface area contributed by atoms with Crippen LogP contribution >= 0.6 is 23.2 Å². The van der Waals surface area contributed by atoms with E-state index in [1.807, 2.05) is 0 Å². The molecule has 0 saturated carbocycles. The number of non-ortho nitro benzene ring substituents is 1. The third kappa shape index (κ3) is 5.62. The standard InChI is InChI=1S/C17H16Cl2N2O4/c1-11-4-6-13(21(23)24)10-15(11)20-17(22)3-2-8-25-16-7-5-12(18)9-14(16)19/h4-7,9-10H,2-3,8H2,1H3,(H,20,22). The van der Waals surface area contributed by atoms with Crippen LogP contribution in [0.1, 0.15) is 18.4 Å². The molecule has 132 valence electrons. The van der Waals surface area contributed by atoms with Crippen molar-refractivity contribution in [3.05, 3.63) is 62.1 Å². The Kier molecular flexibility index (Phi) is 6.61. The zero-order valence-corrected chi connectivity index (χ0v) is 14.9. The highest BCUT2D eigenvalue weighted by atomic mass is 35.5. The first-order valence-electron chi connectivity index (χ1n) is 7.49. The molecule has 8 heteroatoms. The Labute approximate surface area is 154 Å². The Morgan fingerprint density at radius 3 is 2.68 bits per heavy atom. The van der Waals surface area contributed by atoms with E-state index >= 15 is 0 Å². The molecule has 0 atom stereocenters. The average Bonchev–Trinajstić information content (AvgIpc) is 2.55. The Morgan fingerprint density at radius 2 is 2.00 bits per heavy atom. The Hall–Kier alpha value is -2.31. The second-order valence-corrected chi connectivity index (χ2v) is 6.17. The SMILES string of the molecule is Cc1ccc([N+](=O)[O-])cc1NC(=O)CCCOc1ccc(Cl)cc1Cl. The van der Waals surface area contributed by atoms with Crippen molar-refractivity contribution in [1.82, 2.24) is 0 Å². The van der Waals surface area contributed by atoms with E-state index in [4.69, 9.17) is 27.9 Å². The van der Waals surface area contributed by atoms with Gasteiger partial charge in [0, 0.05) is 23.6 Å². The molecule has 0 unspecified atom stereocenters. The van der Waals surface area contributed by atoms with E-state index in [1.54, 1.807) is 31.2 Å². The van der Waals surface area contributed by atoms with Gasteiger partial charge in [-0.3, -0.25) is 14.9 Å². The summed E-state index contributed by atoms with van der Waals surface area (Å²) in [5.41, 5.74) is 1.12. The second-order valence-electron chi connectivity index (χ2n) is 5.33. The number of halogens is 2. The van der Waals surface area contributed by atoms with Crippen LogP contribution in [0.3, 0.4) is 0 Å². The number of nitro groups is 1. The summed E-state index contributed by atoms with van der Waals surface area (Å²) in [5, 5.41) is 14.4. The van der Waals surface area contributed by atoms with Crippen LogP contribution in [0.25, 0.3) is 0 Å². The fourth-order valence-electron chi connectivity index (χ4n) is 2.08. The lowest BCUT2D eigenvalue weighted by molar-refractivity contribution is -0.384. The van der Waals surface area contributed by atoms with Crippen molar-refractivity contribution < 1.29 is 14.5 Å². The monoisotopic (exact) mass is 382 g/mol. The molecule has 2 aromatic carbocycles. The number of carbonyl (C=O) groups is 1.